The summed E-state index contributed by atoms with van der Waals surface area (Å²) in [6, 6.07) is 0. The Kier molecular flexibility index (Phi) is 6.74. The van der Waals surface area contributed by atoms with Gasteiger partial charge in [0.15, 0.2) is 12.6 Å². The molecule has 15 nitrogen and oxygen atoms in total. The molecule has 8 N–H and O–H groups in total. The zero-order valence-corrected chi connectivity index (χ0v) is 19.2. The van der Waals surface area contributed by atoms with Gasteiger partial charge >= 0.3 is 42.8 Å². The quantitative estimate of drug-likeness (QED) is 0.0808. The molecule has 0 aliphatic carbocycles. The van der Waals surface area contributed by atoms with Crippen LogP contribution in [0.25, 0.3) is 11.2 Å². The molecule has 0 amide bonds. The van der Waals surface area contributed by atoms with Crippen LogP contribution in [0.1, 0.15) is 6.23 Å². The summed E-state index contributed by atoms with van der Waals surface area (Å²) in [5.41, 5.74) is 4.80. The number of aromatic nitrogens is 6. The second-order valence-corrected chi connectivity index (χ2v) is 8.33. The van der Waals surface area contributed by atoms with Crippen molar-refractivity contribution < 1.29 is 68.2 Å². The maximum atomic E-state index is 12.2. The minimum Gasteiger partial charge on any atom is -0.387 e. The third kappa shape index (κ3) is 4.21. The molecule has 0 saturated carbocycles. The number of nitrogens with one attached hydrogen (secondary N) is 2. The van der Waals surface area contributed by atoms with Crippen molar-refractivity contribution in [1.82, 2.24) is 24.5 Å². The first-order valence-corrected chi connectivity index (χ1v) is 10.1. The van der Waals surface area contributed by atoms with Gasteiger partial charge in [0, 0.05) is 12.4 Å². The van der Waals surface area contributed by atoms with Crippen molar-refractivity contribution in [3.8, 4) is 0 Å². The Bertz CT molecular complexity index is 1180. The molecule has 3 aromatic heterocycles. The van der Waals surface area contributed by atoms with E-state index in [1.165, 1.54) is 27.9 Å². The Morgan fingerprint density at radius 3 is 2.77 bits per heavy atom. The number of hydrogen-bond acceptors (Lipinski definition) is 10. The predicted octanol–water partition coefficient (Wildman–Crippen LogP) is -6.68. The van der Waals surface area contributed by atoms with Gasteiger partial charge in [0.1, 0.15) is 18.3 Å². The number of aliphatic hydroxyl groups excluding tert-OH is 3. The minimum atomic E-state index is -4.57. The fourth-order valence-corrected chi connectivity index (χ4v) is 4.24. The van der Waals surface area contributed by atoms with E-state index >= 15 is 0 Å². The maximum Gasteiger partial charge on any atom is 1.00 e. The van der Waals surface area contributed by atoms with Gasteiger partial charge in [-0.1, -0.05) is 4.98 Å². The van der Waals surface area contributed by atoms with Crippen molar-refractivity contribution in [2.75, 3.05) is 5.73 Å². The van der Waals surface area contributed by atoms with Gasteiger partial charge in [0.25, 0.3) is 11.5 Å². The maximum absolute atomic E-state index is 12.2. The Balaban J connectivity index is 0.00000272. The number of rotatable bonds is 5. The number of hydrogen-bond donors (Lipinski definition) is 7. The van der Waals surface area contributed by atoms with Crippen LogP contribution in [0.3, 0.4) is 0 Å². The molecule has 0 spiro atoms. The average molecular weight is 467 g/mol. The van der Waals surface area contributed by atoms with Gasteiger partial charge in [-0.25, -0.2) is 9.55 Å². The fraction of sp³-hybridized carbons (Fsp3) is 0.429. The van der Waals surface area contributed by atoms with Gasteiger partial charge in [0.05, 0.1) is 7.05 Å². The van der Waals surface area contributed by atoms with E-state index in [-0.39, 0.29) is 46.7 Å². The molecule has 1 fully saturated rings. The Labute approximate surface area is 195 Å². The van der Waals surface area contributed by atoms with Crippen LogP contribution in [0.4, 0.5) is 5.95 Å². The number of nitrogens with two attached hydrogens (primary N) is 1. The van der Waals surface area contributed by atoms with Crippen molar-refractivity contribution in [3.63, 3.8) is 0 Å². The minimum absolute atomic E-state index is 0. The first-order valence-electron chi connectivity index (χ1n) is 8.57. The van der Waals surface area contributed by atoms with Gasteiger partial charge < -0.3 is 35.7 Å². The normalized spacial score (nSPS) is 26.5. The van der Waals surface area contributed by atoms with Crippen LogP contribution in [0, 0.1) is 0 Å². The molecule has 17 heteroatoms. The Hall–Kier alpha value is -1.65. The molecule has 1 aliphatic heterocycles. The monoisotopic (exact) mass is 467 g/mol. The van der Waals surface area contributed by atoms with E-state index < -0.39 is 49.6 Å². The summed E-state index contributed by atoms with van der Waals surface area (Å²) < 4.78 is 25.2. The molecule has 162 valence electrons. The number of aryl methyl sites for hydroxylation is 1. The number of nitrogen functional groups attached to an aromatic ring is 1. The number of fused-ring (bicyclic) bond motifs is 1. The van der Waals surface area contributed by atoms with Gasteiger partial charge in [-0.2, -0.15) is 0 Å². The zero-order chi connectivity index (χ0) is 21.8. The number of H-pyrrole nitrogens is 2. The van der Waals surface area contributed by atoms with Crippen LogP contribution >= 0.6 is 7.60 Å². The van der Waals surface area contributed by atoms with Crippen molar-refractivity contribution in [3.05, 3.63) is 29.1 Å². The van der Waals surface area contributed by atoms with E-state index in [4.69, 9.17) is 15.0 Å². The second kappa shape index (κ2) is 8.71. The molecule has 0 radical (unpaired) electrons. The van der Waals surface area contributed by atoms with E-state index in [2.05, 4.69) is 19.9 Å². The van der Waals surface area contributed by atoms with Gasteiger partial charge in [0.2, 0.25) is 17.3 Å². The second-order valence-electron chi connectivity index (χ2n) is 6.66. The van der Waals surface area contributed by atoms with Crippen LogP contribution in [0.5, 0.6) is 0 Å². The van der Waals surface area contributed by atoms with Crippen LogP contribution in [-0.4, -0.2) is 69.3 Å². The Morgan fingerprint density at radius 2 is 2.13 bits per heavy atom. The summed E-state index contributed by atoms with van der Waals surface area (Å²) in [4.78, 5) is 34.5. The van der Waals surface area contributed by atoms with Crippen LogP contribution in [-0.2, 0) is 20.9 Å². The number of anilines is 1. The third-order valence-electron chi connectivity index (χ3n) is 4.62. The smallest absolute Gasteiger partial charge is 0.387 e. The Morgan fingerprint density at radius 1 is 1.42 bits per heavy atom. The van der Waals surface area contributed by atoms with E-state index in [0.717, 1.165) is 0 Å². The first kappa shape index (κ1) is 24.0. The fourth-order valence-electron chi connectivity index (χ4n) is 3.27. The molecule has 4 rings (SSSR count). The summed E-state index contributed by atoms with van der Waals surface area (Å²) in [5, 5.41) is 31.0. The number of aromatic amines is 2. The summed E-state index contributed by atoms with van der Waals surface area (Å²) in [5.74, 6) is -0.180. The summed E-state index contributed by atoms with van der Waals surface area (Å²) in [7, 11) is -3.02. The van der Waals surface area contributed by atoms with Crippen molar-refractivity contribution in [2.24, 2.45) is 7.05 Å². The van der Waals surface area contributed by atoms with E-state index in [1.54, 1.807) is 7.05 Å². The van der Waals surface area contributed by atoms with E-state index in [1.807, 2.05) is 0 Å². The standard InChI is InChI=1S/C14H18N7O8P.Na/c1-20-4-21(9-5(20)10(24)19-13(15)18-9)11-7(23)6(22)8(28-11)12(25)29-30(26,27)14-16-2-3-17-14;/h2-4,6-8,11-12,22-23,25H,1H3,(H4-,15,16,17,18,19,24,26,27);/q;+1/p+1/t6-,7+,8-,11+,12?;/m0./s1. The molecule has 3 aromatic rings. The number of aliphatic hydroxyl groups is 3. The van der Waals surface area contributed by atoms with E-state index in [0.29, 0.717) is 0 Å². The molecule has 4 heterocycles. The van der Waals surface area contributed by atoms with Gasteiger partial charge in [-0.15, -0.1) is 0 Å². The third-order valence-corrected chi connectivity index (χ3v) is 5.90. The van der Waals surface area contributed by atoms with Gasteiger partial charge in [-0.05, 0) is 0 Å². The summed E-state index contributed by atoms with van der Waals surface area (Å²) in [6.45, 7) is 0. The van der Waals surface area contributed by atoms with Crippen LogP contribution < -0.4 is 51.0 Å². The number of ether oxygens (including phenoxy) is 1. The summed E-state index contributed by atoms with van der Waals surface area (Å²) in [6.07, 6.45) is -4.46. The largest absolute Gasteiger partial charge is 1.00 e. The molecule has 6 atom stereocenters. The molecule has 31 heavy (non-hydrogen) atoms. The number of nitrogens with zero attached hydrogens (tertiary/aromatic N) is 4. The van der Waals surface area contributed by atoms with Crippen molar-refractivity contribution in [1.29, 1.82) is 0 Å². The predicted molar refractivity (Wildman–Crippen MR) is 97.0 cm³/mol. The SMILES string of the molecule is Cn1c[n+]([C@@H]2O[C@H](C(O)OP(=O)(O)c3ncc[nH]3)[C@@H](O)[C@H]2O)c2nc(N)[nH]c(=O)c21.[Na+]. The molecule has 0 bridgehead atoms. The first-order chi connectivity index (χ1) is 14.1. The molecular formula is C14H19N7NaO8P+2. The molecule has 1 saturated heterocycles. The van der Waals surface area contributed by atoms with Crippen LogP contribution in [0.2, 0.25) is 0 Å². The van der Waals surface area contributed by atoms with Crippen molar-refractivity contribution in [2.45, 2.75) is 30.8 Å². The molecule has 1 aliphatic rings. The topological polar surface area (TPSA) is 226 Å². The van der Waals surface area contributed by atoms with E-state index in [9.17, 15) is 29.6 Å². The van der Waals surface area contributed by atoms with Crippen molar-refractivity contribution >= 4 is 30.3 Å². The molecule has 2 unspecified atom stereocenters. The average Bonchev–Trinajstić information content (AvgIpc) is 3.36. The molecular weight excluding hydrogens is 448 g/mol. The summed E-state index contributed by atoms with van der Waals surface area (Å²) >= 11 is 0. The number of imidazole rings is 2. The van der Waals surface area contributed by atoms with Crippen LogP contribution in [0.15, 0.2) is 23.5 Å². The van der Waals surface area contributed by atoms with Gasteiger partial charge in [-0.3, -0.25) is 23.4 Å². The zero-order valence-electron chi connectivity index (χ0n) is 16.4. The molecule has 0 aromatic carbocycles.